The number of aromatic nitrogens is 2. The summed E-state index contributed by atoms with van der Waals surface area (Å²) in [6, 6.07) is 8.28. The number of nitrogens with zero attached hydrogens (tertiary/aromatic N) is 3. The fourth-order valence-electron chi connectivity index (χ4n) is 2.67. The van der Waals surface area contributed by atoms with Gasteiger partial charge in [0.15, 0.2) is 5.96 Å². The summed E-state index contributed by atoms with van der Waals surface area (Å²) in [6.07, 6.45) is 2.00. The van der Waals surface area contributed by atoms with Gasteiger partial charge in [-0.15, -0.1) is 24.0 Å². The summed E-state index contributed by atoms with van der Waals surface area (Å²) in [6.45, 7) is 8.32. The van der Waals surface area contributed by atoms with Crippen LogP contribution in [0.5, 0.6) is 0 Å². The lowest BCUT2D eigenvalue weighted by Gasteiger charge is -2.12. The lowest BCUT2D eigenvalue weighted by molar-refractivity contribution is 0.145. The highest BCUT2D eigenvalue weighted by atomic mass is 127. The van der Waals surface area contributed by atoms with Crippen LogP contribution in [0.3, 0.4) is 0 Å². The number of fused-ring (bicyclic) bond motifs is 1. The number of hydrogen-bond acceptors (Lipinski definition) is 3. The van der Waals surface area contributed by atoms with E-state index >= 15 is 0 Å². The molecule has 0 unspecified atom stereocenters. The maximum atomic E-state index is 5.33. The van der Waals surface area contributed by atoms with Crippen molar-refractivity contribution in [3.05, 3.63) is 30.1 Å². The summed E-state index contributed by atoms with van der Waals surface area (Å²) in [4.78, 5) is 8.85. The molecule has 140 valence electrons. The Hall–Kier alpha value is -1.35. The Morgan fingerprint density at radius 2 is 1.92 bits per heavy atom. The average Bonchev–Trinajstić information content (AvgIpc) is 2.92. The number of rotatable bonds is 9. The van der Waals surface area contributed by atoms with Crippen LogP contribution in [0.25, 0.3) is 11.0 Å². The van der Waals surface area contributed by atoms with Gasteiger partial charge in [0.05, 0.1) is 11.0 Å². The van der Waals surface area contributed by atoms with E-state index in [4.69, 9.17) is 4.74 Å². The van der Waals surface area contributed by atoms with Crippen molar-refractivity contribution in [1.29, 1.82) is 0 Å². The fourth-order valence-corrected chi connectivity index (χ4v) is 2.67. The molecule has 0 saturated heterocycles. The van der Waals surface area contributed by atoms with Crippen molar-refractivity contribution in [2.24, 2.45) is 4.99 Å². The van der Waals surface area contributed by atoms with Crippen molar-refractivity contribution >= 4 is 41.0 Å². The zero-order chi connectivity index (χ0) is 17.2. The fraction of sp³-hybridized carbons (Fsp3) is 0.556. The Morgan fingerprint density at radius 1 is 1.20 bits per heavy atom. The van der Waals surface area contributed by atoms with Crippen LogP contribution in [0.2, 0.25) is 0 Å². The first-order valence-electron chi connectivity index (χ1n) is 8.70. The van der Waals surface area contributed by atoms with E-state index in [1.807, 2.05) is 13.0 Å². The Labute approximate surface area is 167 Å². The first kappa shape index (κ1) is 21.7. The maximum absolute atomic E-state index is 5.33. The molecule has 0 amide bonds. The highest BCUT2D eigenvalue weighted by Crippen LogP contribution is 2.15. The van der Waals surface area contributed by atoms with Gasteiger partial charge in [0.25, 0.3) is 0 Å². The van der Waals surface area contributed by atoms with Crippen LogP contribution in [0.4, 0.5) is 0 Å². The van der Waals surface area contributed by atoms with Gasteiger partial charge in [-0.3, -0.25) is 4.99 Å². The van der Waals surface area contributed by atoms with Crippen LogP contribution in [0.15, 0.2) is 29.3 Å². The van der Waals surface area contributed by atoms with Crippen molar-refractivity contribution in [3.8, 4) is 0 Å². The van der Waals surface area contributed by atoms with E-state index in [1.54, 1.807) is 7.05 Å². The van der Waals surface area contributed by atoms with Crippen LogP contribution in [0, 0.1) is 6.92 Å². The zero-order valence-corrected chi connectivity index (χ0v) is 17.7. The van der Waals surface area contributed by atoms with Gasteiger partial charge in [0, 0.05) is 39.9 Å². The van der Waals surface area contributed by atoms with E-state index < -0.39 is 0 Å². The molecule has 0 radical (unpaired) electrons. The predicted octanol–water partition coefficient (Wildman–Crippen LogP) is 2.94. The van der Waals surface area contributed by atoms with E-state index in [9.17, 15) is 0 Å². The summed E-state index contributed by atoms with van der Waals surface area (Å²) in [5.41, 5.74) is 2.27. The normalized spacial score (nSPS) is 11.4. The molecule has 0 aliphatic carbocycles. The third-order valence-electron chi connectivity index (χ3n) is 3.88. The molecule has 0 aliphatic heterocycles. The molecule has 0 spiro atoms. The molecule has 1 aromatic carbocycles. The van der Waals surface area contributed by atoms with Crippen LogP contribution >= 0.6 is 24.0 Å². The lowest BCUT2D eigenvalue weighted by atomic mass is 10.3. The highest BCUT2D eigenvalue weighted by molar-refractivity contribution is 14.0. The Kier molecular flexibility index (Phi) is 10.5. The molecule has 0 fully saturated rings. The van der Waals surface area contributed by atoms with Crippen molar-refractivity contribution < 1.29 is 4.74 Å². The predicted molar refractivity (Wildman–Crippen MR) is 115 cm³/mol. The van der Waals surface area contributed by atoms with Gasteiger partial charge in [0.2, 0.25) is 0 Å². The molecular weight excluding hydrogens is 429 g/mol. The van der Waals surface area contributed by atoms with Crippen molar-refractivity contribution in [1.82, 2.24) is 20.2 Å². The zero-order valence-electron chi connectivity index (χ0n) is 15.4. The second kappa shape index (κ2) is 12.1. The molecule has 25 heavy (non-hydrogen) atoms. The minimum absolute atomic E-state index is 0. The van der Waals surface area contributed by atoms with Gasteiger partial charge in [-0.2, -0.15) is 0 Å². The first-order valence-corrected chi connectivity index (χ1v) is 8.70. The van der Waals surface area contributed by atoms with Crippen LogP contribution < -0.4 is 10.6 Å². The van der Waals surface area contributed by atoms with Crippen molar-refractivity contribution in [3.63, 3.8) is 0 Å². The van der Waals surface area contributed by atoms with Gasteiger partial charge in [-0.1, -0.05) is 12.1 Å². The Balaban J connectivity index is 0.00000312. The number of halogens is 1. The summed E-state index contributed by atoms with van der Waals surface area (Å²) in [5, 5.41) is 6.66. The molecule has 1 heterocycles. The van der Waals surface area contributed by atoms with Gasteiger partial charge < -0.3 is 19.9 Å². The smallest absolute Gasteiger partial charge is 0.190 e. The molecule has 0 bridgehead atoms. The quantitative estimate of drug-likeness (QED) is 0.262. The largest absolute Gasteiger partial charge is 0.382 e. The summed E-state index contributed by atoms with van der Waals surface area (Å²) < 4.78 is 7.60. The van der Waals surface area contributed by atoms with Crippen molar-refractivity contribution in [2.75, 3.05) is 33.4 Å². The molecule has 2 aromatic rings. The number of hydrogen-bond donors (Lipinski definition) is 2. The van der Waals surface area contributed by atoms with Gasteiger partial charge >= 0.3 is 0 Å². The Morgan fingerprint density at radius 3 is 2.64 bits per heavy atom. The molecule has 0 aliphatic rings. The number of para-hydroxylation sites is 2. The van der Waals surface area contributed by atoms with E-state index in [0.29, 0.717) is 0 Å². The summed E-state index contributed by atoms with van der Waals surface area (Å²) in [7, 11) is 1.80. The van der Waals surface area contributed by atoms with E-state index in [1.165, 1.54) is 5.52 Å². The Bertz CT molecular complexity index is 656. The second-order valence-electron chi connectivity index (χ2n) is 5.63. The third kappa shape index (κ3) is 6.81. The number of aryl methyl sites for hydroxylation is 2. The number of imidazole rings is 1. The van der Waals surface area contributed by atoms with Gasteiger partial charge in [-0.05, 0) is 38.8 Å². The van der Waals surface area contributed by atoms with Crippen LogP contribution in [0.1, 0.15) is 25.6 Å². The first-order chi connectivity index (χ1) is 11.8. The van der Waals surface area contributed by atoms with E-state index in [2.05, 4.69) is 50.3 Å². The van der Waals surface area contributed by atoms with Gasteiger partial charge in [0.1, 0.15) is 5.82 Å². The van der Waals surface area contributed by atoms with Crippen molar-refractivity contribution in [2.45, 2.75) is 33.2 Å². The number of guanidine groups is 1. The minimum atomic E-state index is 0. The number of nitrogens with one attached hydrogen (secondary N) is 2. The minimum Gasteiger partial charge on any atom is -0.382 e. The standard InChI is InChI=1S/C18H29N5O.HI/c1-4-24-14-8-12-21-18(19-3)20-11-7-13-23-15(2)22-16-9-5-6-10-17(16)23;/h5-6,9-10H,4,7-8,11-14H2,1-3H3,(H2,19,20,21);1H. The molecule has 1 aromatic heterocycles. The maximum Gasteiger partial charge on any atom is 0.190 e. The number of aliphatic imine (C=N–C) groups is 1. The third-order valence-corrected chi connectivity index (χ3v) is 3.88. The highest BCUT2D eigenvalue weighted by Gasteiger charge is 2.06. The topological polar surface area (TPSA) is 63.5 Å². The number of ether oxygens (including phenoxy) is 1. The van der Waals surface area contributed by atoms with Crippen LogP contribution in [-0.4, -0.2) is 48.9 Å². The second-order valence-corrected chi connectivity index (χ2v) is 5.63. The molecular formula is C18H30IN5O. The molecule has 7 heteroatoms. The van der Waals surface area contributed by atoms with Crippen LogP contribution in [-0.2, 0) is 11.3 Å². The molecule has 2 N–H and O–H groups in total. The number of benzene rings is 1. The SMILES string of the molecule is CCOCCCNC(=NC)NCCCn1c(C)nc2ccccc21.I. The van der Waals surface area contributed by atoms with Gasteiger partial charge in [-0.25, -0.2) is 4.98 Å². The average molecular weight is 459 g/mol. The molecule has 2 rings (SSSR count). The lowest BCUT2D eigenvalue weighted by Crippen LogP contribution is -2.38. The summed E-state index contributed by atoms with van der Waals surface area (Å²) in [5.74, 6) is 1.91. The monoisotopic (exact) mass is 459 g/mol. The molecule has 6 nitrogen and oxygen atoms in total. The molecule has 0 atom stereocenters. The molecule has 0 saturated carbocycles. The summed E-state index contributed by atoms with van der Waals surface area (Å²) >= 11 is 0. The van der Waals surface area contributed by atoms with E-state index in [0.717, 1.165) is 63.0 Å². The van der Waals surface area contributed by atoms with E-state index in [-0.39, 0.29) is 24.0 Å².